The average Bonchev–Trinajstić information content (AvgIpc) is 2.47. The first kappa shape index (κ1) is 16.9. The standard InChI is InChI=1S/C15H12Br2ClF2N/c1-21-14(8-2-3-10(16)12(18)6-8)7-9-13(19)5-4-11(17)15(9)20/h2-6,14,21H,7H2,1H3. The molecule has 0 radical (unpaired) electrons. The van der Waals surface area contributed by atoms with Crippen molar-refractivity contribution in [2.45, 2.75) is 12.5 Å². The van der Waals surface area contributed by atoms with Gasteiger partial charge in [0.1, 0.15) is 11.6 Å². The molecule has 112 valence electrons. The molecule has 0 aliphatic rings. The summed E-state index contributed by atoms with van der Waals surface area (Å²) in [7, 11) is 1.74. The summed E-state index contributed by atoms with van der Waals surface area (Å²) in [4.78, 5) is 0. The normalized spacial score (nSPS) is 12.5. The third kappa shape index (κ3) is 3.83. The number of nitrogens with one attached hydrogen (secondary N) is 1. The molecule has 0 amide bonds. The lowest BCUT2D eigenvalue weighted by molar-refractivity contribution is 0.512. The Morgan fingerprint density at radius 3 is 2.43 bits per heavy atom. The van der Waals surface area contributed by atoms with E-state index in [4.69, 9.17) is 11.6 Å². The van der Waals surface area contributed by atoms with Crippen LogP contribution in [0.1, 0.15) is 17.2 Å². The molecule has 0 bridgehead atoms. The molecule has 0 aliphatic heterocycles. The smallest absolute Gasteiger partial charge is 0.143 e. The number of halogens is 5. The Morgan fingerprint density at radius 2 is 1.81 bits per heavy atom. The van der Waals surface area contributed by atoms with Crippen LogP contribution in [0.15, 0.2) is 39.3 Å². The molecule has 0 aromatic heterocycles. The largest absolute Gasteiger partial charge is 0.313 e. The molecule has 2 aromatic rings. The second-order valence-electron chi connectivity index (χ2n) is 4.54. The molecule has 1 atom stereocenters. The summed E-state index contributed by atoms with van der Waals surface area (Å²) >= 11 is 12.5. The molecule has 1 nitrogen and oxygen atoms in total. The molecule has 1 unspecified atom stereocenters. The van der Waals surface area contributed by atoms with Crippen molar-refractivity contribution in [3.8, 4) is 0 Å². The molecule has 2 aromatic carbocycles. The fourth-order valence-corrected chi connectivity index (χ4v) is 2.88. The van der Waals surface area contributed by atoms with Crippen LogP contribution in [0.2, 0.25) is 5.02 Å². The minimum absolute atomic E-state index is 0.0442. The third-order valence-electron chi connectivity index (χ3n) is 3.24. The minimum atomic E-state index is -0.571. The fraction of sp³-hybridized carbons (Fsp3) is 0.200. The Bertz CT molecular complexity index is 664. The quantitative estimate of drug-likeness (QED) is 0.608. The van der Waals surface area contributed by atoms with Crippen LogP contribution < -0.4 is 5.32 Å². The van der Waals surface area contributed by atoms with Crippen molar-refractivity contribution in [1.29, 1.82) is 0 Å². The summed E-state index contributed by atoms with van der Waals surface area (Å²) in [6, 6.07) is 7.83. The van der Waals surface area contributed by atoms with Crippen LogP contribution in [0.25, 0.3) is 0 Å². The van der Waals surface area contributed by atoms with Crippen LogP contribution >= 0.6 is 43.5 Å². The van der Waals surface area contributed by atoms with Crippen LogP contribution in [0, 0.1) is 11.6 Å². The van der Waals surface area contributed by atoms with Gasteiger partial charge in [0.25, 0.3) is 0 Å². The monoisotopic (exact) mass is 437 g/mol. The predicted octanol–water partition coefficient (Wildman–Crippen LogP) is 5.65. The SMILES string of the molecule is CNC(Cc1c(F)ccc(Br)c1F)c1ccc(Br)c(Cl)c1. The van der Waals surface area contributed by atoms with Gasteiger partial charge in [-0.15, -0.1) is 0 Å². The van der Waals surface area contributed by atoms with Crippen molar-refractivity contribution in [2.24, 2.45) is 0 Å². The summed E-state index contributed by atoms with van der Waals surface area (Å²) in [6.45, 7) is 0. The van der Waals surface area contributed by atoms with E-state index in [-0.39, 0.29) is 22.5 Å². The van der Waals surface area contributed by atoms with Crippen LogP contribution in [-0.4, -0.2) is 7.05 Å². The first-order valence-corrected chi connectivity index (χ1v) is 8.15. The lowest BCUT2D eigenvalue weighted by Crippen LogP contribution is -2.20. The van der Waals surface area contributed by atoms with Crippen molar-refractivity contribution < 1.29 is 8.78 Å². The van der Waals surface area contributed by atoms with Gasteiger partial charge >= 0.3 is 0 Å². The molecule has 0 fully saturated rings. The molecule has 2 rings (SSSR count). The number of likely N-dealkylation sites (N-methyl/N-ethyl adjacent to an activating group) is 1. The molecule has 0 aliphatic carbocycles. The summed E-state index contributed by atoms with van der Waals surface area (Å²) in [5, 5.41) is 3.62. The summed E-state index contributed by atoms with van der Waals surface area (Å²) < 4.78 is 29.0. The van der Waals surface area contributed by atoms with E-state index in [1.165, 1.54) is 12.1 Å². The first-order chi connectivity index (χ1) is 9.93. The average molecular weight is 440 g/mol. The number of hydrogen-bond donors (Lipinski definition) is 1. The molecule has 21 heavy (non-hydrogen) atoms. The second kappa shape index (κ2) is 7.18. The number of rotatable bonds is 4. The third-order valence-corrected chi connectivity index (χ3v) is 5.09. The van der Waals surface area contributed by atoms with Gasteiger partial charge < -0.3 is 5.32 Å². The highest BCUT2D eigenvalue weighted by atomic mass is 79.9. The van der Waals surface area contributed by atoms with E-state index in [0.29, 0.717) is 5.02 Å². The van der Waals surface area contributed by atoms with Gasteiger partial charge in [-0.2, -0.15) is 0 Å². The molecule has 6 heteroatoms. The molecule has 0 saturated heterocycles. The van der Waals surface area contributed by atoms with Gasteiger partial charge in [0.05, 0.1) is 9.50 Å². The van der Waals surface area contributed by atoms with Crippen molar-refractivity contribution >= 4 is 43.5 Å². The molecule has 0 heterocycles. The summed E-state index contributed by atoms with van der Waals surface area (Å²) in [5.41, 5.74) is 0.909. The first-order valence-electron chi connectivity index (χ1n) is 6.18. The summed E-state index contributed by atoms with van der Waals surface area (Å²) in [6.07, 6.45) is 0.186. The van der Waals surface area contributed by atoms with Gasteiger partial charge in [-0.25, -0.2) is 8.78 Å². The number of benzene rings is 2. The van der Waals surface area contributed by atoms with Crippen LogP contribution in [-0.2, 0) is 6.42 Å². The Hall–Kier alpha value is -0.490. The van der Waals surface area contributed by atoms with Gasteiger partial charge in [0, 0.05) is 16.1 Å². The molecule has 0 spiro atoms. The van der Waals surface area contributed by atoms with E-state index in [0.717, 1.165) is 10.0 Å². The van der Waals surface area contributed by atoms with Crippen molar-refractivity contribution in [2.75, 3.05) is 7.05 Å². The zero-order valence-corrected chi connectivity index (χ0v) is 15.0. The van der Waals surface area contributed by atoms with Crippen LogP contribution in [0.3, 0.4) is 0 Å². The highest BCUT2D eigenvalue weighted by molar-refractivity contribution is 9.10. The van der Waals surface area contributed by atoms with Crippen molar-refractivity contribution in [3.05, 3.63) is 67.1 Å². The zero-order valence-electron chi connectivity index (χ0n) is 11.1. The fourth-order valence-electron chi connectivity index (χ4n) is 2.08. The van der Waals surface area contributed by atoms with E-state index in [1.807, 2.05) is 12.1 Å². The van der Waals surface area contributed by atoms with E-state index < -0.39 is 11.6 Å². The maximum absolute atomic E-state index is 14.1. The Kier molecular flexibility index (Phi) is 5.77. The second-order valence-corrected chi connectivity index (χ2v) is 6.66. The highest BCUT2D eigenvalue weighted by Crippen LogP contribution is 2.30. The minimum Gasteiger partial charge on any atom is -0.313 e. The zero-order chi connectivity index (χ0) is 15.6. The molecule has 0 saturated carbocycles. The lowest BCUT2D eigenvalue weighted by atomic mass is 9.98. The van der Waals surface area contributed by atoms with Crippen LogP contribution in [0.4, 0.5) is 8.78 Å². The van der Waals surface area contributed by atoms with E-state index >= 15 is 0 Å². The van der Waals surface area contributed by atoms with Crippen molar-refractivity contribution in [1.82, 2.24) is 5.32 Å². The van der Waals surface area contributed by atoms with Gasteiger partial charge in [0.2, 0.25) is 0 Å². The molecular weight excluding hydrogens is 427 g/mol. The number of hydrogen-bond acceptors (Lipinski definition) is 1. The maximum atomic E-state index is 14.1. The van der Waals surface area contributed by atoms with Crippen molar-refractivity contribution in [3.63, 3.8) is 0 Å². The van der Waals surface area contributed by atoms with Gasteiger partial charge in [-0.3, -0.25) is 0 Å². The van der Waals surface area contributed by atoms with Crippen LogP contribution in [0.5, 0.6) is 0 Å². The maximum Gasteiger partial charge on any atom is 0.143 e. The molecule has 1 N–H and O–H groups in total. The topological polar surface area (TPSA) is 12.0 Å². The summed E-state index contributed by atoms with van der Waals surface area (Å²) in [5.74, 6) is -1.13. The lowest BCUT2D eigenvalue weighted by Gasteiger charge is -2.18. The highest BCUT2D eigenvalue weighted by Gasteiger charge is 2.18. The van der Waals surface area contributed by atoms with Gasteiger partial charge in [0.15, 0.2) is 0 Å². The van der Waals surface area contributed by atoms with Gasteiger partial charge in [-0.05, 0) is 75.2 Å². The molecular formula is C15H12Br2ClF2N. The van der Waals surface area contributed by atoms with E-state index in [2.05, 4.69) is 37.2 Å². The Balaban J connectivity index is 2.35. The van der Waals surface area contributed by atoms with E-state index in [1.54, 1.807) is 13.1 Å². The Morgan fingerprint density at radius 1 is 1.14 bits per heavy atom. The Labute approximate surface area is 144 Å². The van der Waals surface area contributed by atoms with E-state index in [9.17, 15) is 8.78 Å². The van der Waals surface area contributed by atoms with Gasteiger partial charge in [-0.1, -0.05) is 17.7 Å². The predicted molar refractivity (Wildman–Crippen MR) is 88.7 cm³/mol.